The van der Waals surface area contributed by atoms with Gasteiger partial charge in [0.05, 0.1) is 29.3 Å². The van der Waals surface area contributed by atoms with Crippen LogP contribution in [0.1, 0.15) is 31.4 Å². The molecule has 4 atom stereocenters. The third kappa shape index (κ3) is 4.17. The number of fused-ring (bicyclic) bond motifs is 1. The van der Waals surface area contributed by atoms with Crippen LogP contribution < -0.4 is 22.5 Å². The molecule has 12 heteroatoms. The molecule has 3 unspecified atom stereocenters. The first kappa shape index (κ1) is 31.0. The van der Waals surface area contributed by atoms with Gasteiger partial charge in [-0.25, -0.2) is 13.2 Å². The van der Waals surface area contributed by atoms with Gasteiger partial charge in [0.1, 0.15) is 11.3 Å². The Morgan fingerprint density at radius 1 is 1.05 bits per heavy atom. The highest BCUT2D eigenvalue weighted by Gasteiger charge is 2.77. The number of hydrogen-bond acceptors (Lipinski definition) is 10. The minimum Gasteiger partial charge on any atom is -0.467 e. The van der Waals surface area contributed by atoms with Crippen LogP contribution in [-0.4, -0.2) is 68.3 Å². The number of carbonyl (C=O) groups excluding carboxylic acids is 3. The summed E-state index contributed by atoms with van der Waals surface area (Å²) >= 11 is 0. The lowest BCUT2D eigenvalue weighted by atomic mass is 9.51. The van der Waals surface area contributed by atoms with E-state index in [0.717, 1.165) is 12.5 Å². The molecule has 0 bridgehead atoms. The molecule has 3 aromatic carbocycles. The number of methoxy groups -OCH3 is 1. The molecule has 0 saturated carbocycles. The van der Waals surface area contributed by atoms with E-state index in [1.807, 2.05) is 12.1 Å². The standard InChI is InChI=1S/C30H35N5O6S/c1-18(32)25(37)30(27(38)41-3)29(24(36)17-31,22-11-8-20(9-12-22)26(33)34)28(2,14-15-35-30)42(39,40)23-13-10-19-6-4-5-7-21(19)16-23/h4-13,16,18,35H,14-15,17,31-32H2,1-3H3,(H3,33,34)/t18-,28?,29?,30?/m0/s1. The molecule has 0 aliphatic carbocycles. The lowest BCUT2D eigenvalue weighted by Crippen LogP contribution is -2.85. The van der Waals surface area contributed by atoms with Crippen molar-refractivity contribution in [3.8, 4) is 0 Å². The summed E-state index contributed by atoms with van der Waals surface area (Å²) in [6.07, 6.45) is -0.187. The number of ketones is 2. The first-order valence-electron chi connectivity index (χ1n) is 13.3. The molecule has 42 heavy (non-hydrogen) atoms. The van der Waals surface area contributed by atoms with Crippen molar-refractivity contribution in [1.29, 1.82) is 5.41 Å². The lowest BCUT2D eigenvalue weighted by molar-refractivity contribution is -0.164. The number of esters is 1. The average molecular weight is 594 g/mol. The number of benzene rings is 3. The van der Waals surface area contributed by atoms with E-state index >= 15 is 0 Å². The third-order valence-corrected chi connectivity index (χ3v) is 11.1. The van der Waals surface area contributed by atoms with Gasteiger partial charge >= 0.3 is 5.97 Å². The van der Waals surface area contributed by atoms with Gasteiger partial charge in [0.15, 0.2) is 26.9 Å². The highest BCUT2D eigenvalue weighted by Crippen LogP contribution is 2.55. The molecule has 3 aromatic rings. The fourth-order valence-electron chi connectivity index (χ4n) is 6.47. The Kier molecular flexibility index (Phi) is 8.13. The van der Waals surface area contributed by atoms with E-state index in [1.165, 1.54) is 50.2 Å². The Hall–Kier alpha value is -3.97. The summed E-state index contributed by atoms with van der Waals surface area (Å²) in [5, 5.41) is 12.2. The van der Waals surface area contributed by atoms with Crippen LogP contribution in [0, 0.1) is 5.41 Å². The Labute approximate surface area is 244 Å². The molecular weight excluding hydrogens is 558 g/mol. The molecule has 11 nitrogen and oxygen atoms in total. The lowest BCUT2D eigenvalue weighted by Gasteiger charge is -2.59. The summed E-state index contributed by atoms with van der Waals surface area (Å²) in [6, 6.07) is 16.1. The van der Waals surface area contributed by atoms with Crippen LogP contribution in [0.5, 0.6) is 0 Å². The SMILES string of the molecule is COC(=O)C1(C(=O)[C@H](C)N)NCCC(C)(S(=O)(=O)c2ccc3ccccc3c2)C1(C(=O)CN)c1ccc(C(=N)N)cc1. The number of nitrogens with two attached hydrogens (primary N) is 3. The number of hydrogen-bond donors (Lipinski definition) is 5. The summed E-state index contributed by atoms with van der Waals surface area (Å²) in [5.74, 6) is -3.29. The van der Waals surface area contributed by atoms with Crippen LogP contribution in [0.3, 0.4) is 0 Å². The van der Waals surface area contributed by atoms with Crippen molar-refractivity contribution in [3.05, 3.63) is 77.9 Å². The van der Waals surface area contributed by atoms with Gasteiger partial charge in [-0.1, -0.05) is 54.6 Å². The van der Waals surface area contributed by atoms with Crippen LogP contribution in [0.2, 0.25) is 0 Å². The smallest absolute Gasteiger partial charge is 0.335 e. The van der Waals surface area contributed by atoms with E-state index < -0.39 is 55.7 Å². The van der Waals surface area contributed by atoms with Crippen molar-refractivity contribution in [1.82, 2.24) is 5.32 Å². The van der Waals surface area contributed by atoms with Gasteiger partial charge in [0.25, 0.3) is 0 Å². The molecule has 8 N–H and O–H groups in total. The fraction of sp³-hybridized carbons (Fsp3) is 0.333. The second-order valence-electron chi connectivity index (χ2n) is 10.7. The zero-order chi connectivity index (χ0) is 31.1. The van der Waals surface area contributed by atoms with Crippen molar-refractivity contribution < 1.29 is 27.5 Å². The Balaban J connectivity index is 2.21. The van der Waals surface area contributed by atoms with Gasteiger partial charge < -0.3 is 21.9 Å². The first-order valence-corrected chi connectivity index (χ1v) is 14.8. The summed E-state index contributed by atoms with van der Waals surface area (Å²) in [6.45, 7) is 1.83. The number of Topliss-reactive ketones (excluding diaryl/α,β-unsaturated/α-hetero) is 2. The topological polar surface area (TPSA) is 209 Å². The van der Waals surface area contributed by atoms with Gasteiger partial charge in [-0.05, 0) is 55.3 Å². The number of nitrogens with one attached hydrogen (secondary N) is 2. The van der Waals surface area contributed by atoms with Crippen LogP contribution in [-0.2, 0) is 34.4 Å². The highest BCUT2D eigenvalue weighted by atomic mass is 32.2. The van der Waals surface area contributed by atoms with E-state index in [2.05, 4.69) is 5.32 Å². The van der Waals surface area contributed by atoms with Crippen LogP contribution in [0.15, 0.2) is 71.6 Å². The van der Waals surface area contributed by atoms with Gasteiger partial charge in [-0.3, -0.25) is 20.3 Å². The molecular formula is C30H35N5O6S. The zero-order valence-corrected chi connectivity index (χ0v) is 24.5. The maximum absolute atomic E-state index is 15.0. The number of sulfone groups is 1. The number of amidine groups is 1. The number of piperidine rings is 1. The third-order valence-electron chi connectivity index (χ3n) is 8.48. The van der Waals surface area contributed by atoms with Crippen molar-refractivity contribution in [2.45, 2.75) is 46.9 Å². The maximum Gasteiger partial charge on any atom is 0.335 e. The van der Waals surface area contributed by atoms with Crippen molar-refractivity contribution in [2.75, 3.05) is 20.2 Å². The summed E-state index contributed by atoms with van der Waals surface area (Å²) in [7, 11) is -3.50. The Morgan fingerprint density at radius 2 is 1.67 bits per heavy atom. The molecule has 1 saturated heterocycles. The molecule has 0 radical (unpaired) electrons. The molecule has 222 valence electrons. The Bertz CT molecular complexity index is 1690. The molecule has 0 amide bonds. The largest absolute Gasteiger partial charge is 0.467 e. The van der Waals surface area contributed by atoms with E-state index in [4.69, 9.17) is 27.3 Å². The van der Waals surface area contributed by atoms with Crippen LogP contribution in [0.4, 0.5) is 0 Å². The number of rotatable bonds is 9. The molecule has 1 aliphatic rings. The maximum atomic E-state index is 15.0. The summed E-state index contributed by atoms with van der Waals surface area (Å²) in [4.78, 5) is 42.5. The predicted octanol–water partition coefficient (Wildman–Crippen LogP) is 0.943. The van der Waals surface area contributed by atoms with Gasteiger partial charge in [0.2, 0.25) is 0 Å². The number of ether oxygens (including phenoxy) is 1. The van der Waals surface area contributed by atoms with E-state index in [9.17, 15) is 22.8 Å². The summed E-state index contributed by atoms with van der Waals surface area (Å²) < 4.78 is 32.9. The zero-order valence-electron chi connectivity index (χ0n) is 23.6. The van der Waals surface area contributed by atoms with Gasteiger partial charge in [-0.2, -0.15) is 0 Å². The van der Waals surface area contributed by atoms with Crippen molar-refractivity contribution in [2.24, 2.45) is 17.2 Å². The van der Waals surface area contributed by atoms with E-state index in [1.54, 1.807) is 18.2 Å². The second-order valence-corrected chi connectivity index (χ2v) is 13.1. The van der Waals surface area contributed by atoms with E-state index in [0.29, 0.717) is 5.39 Å². The minimum atomic E-state index is -4.55. The molecule has 1 fully saturated rings. The average Bonchev–Trinajstić information content (AvgIpc) is 2.99. The van der Waals surface area contributed by atoms with Crippen molar-refractivity contribution in [3.63, 3.8) is 0 Å². The van der Waals surface area contributed by atoms with E-state index in [-0.39, 0.29) is 34.8 Å². The fourth-order valence-corrected chi connectivity index (χ4v) is 8.68. The quantitative estimate of drug-likeness (QED) is 0.103. The Morgan fingerprint density at radius 3 is 2.21 bits per heavy atom. The molecule has 0 aromatic heterocycles. The molecule has 1 heterocycles. The predicted molar refractivity (Wildman–Crippen MR) is 159 cm³/mol. The van der Waals surface area contributed by atoms with Crippen LogP contribution >= 0.6 is 0 Å². The van der Waals surface area contributed by atoms with Gasteiger partial charge in [-0.15, -0.1) is 0 Å². The first-order chi connectivity index (χ1) is 19.8. The van der Waals surface area contributed by atoms with Crippen molar-refractivity contribution >= 4 is 44.0 Å². The number of carbonyl (C=O) groups is 3. The highest BCUT2D eigenvalue weighted by molar-refractivity contribution is 7.93. The minimum absolute atomic E-state index is 0.00131. The molecule has 1 aliphatic heterocycles. The summed E-state index contributed by atoms with van der Waals surface area (Å²) in [5.41, 5.74) is 13.0. The second kappa shape index (κ2) is 11.0. The monoisotopic (exact) mass is 593 g/mol. The normalized spacial score (nSPS) is 25.0. The molecule has 0 spiro atoms. The van der Waals surface area contributed by atoms with Crippen LogP contribution in [0.25, 0.3) is 10.8 Å². The molecule has 4 rings (SSSR count). The number of nitrogen functional groups attached to an aromatic ring is 1. The van der Waals surface area contributed by atoms with Gasteiger partial charge in [0, 0.05) is 5.56 Å².